The zero-order chi connectivity index (χ0) is 8.60. The van der Waals surface area contributed by atoms with Crippen molar-refractivity contribution in [2.75, 3.05) is 13.2 Å². The second-order valence-electron chi connectivity index (χ2n) is 3.50. The van der Waals surface area contributed by atoms with Crippen LogP contribution in [0, 0.1) is 17.2 Å². The van der Waals surface area contributed by atoms with Gasteiger partial charge in [-0.3, -0.25) is 0 Å². The van der Waals surface area contributed by atoms with Gasteiger partial charge in [0.25, 0.3) is 0 Å². The number of hydrogen-bond donors (Lipinski definition) is 0. The first-order chi connectivity index (χ1) is 5.83. The van der Waals surface area contributed by atoms with Gasteiger partial charge in [-0.2, -0.15) is 5.26 Å². The molecule has 12 heavy (non-hydrogen) atoms. The topological polar surface area (TPSA) is 45.5 Å². The minimum Gasteiger partial charge on any atom is -0.381 e. The van der Waals surface area contributed by atoms with Crippen LogP contribution in [-0.2, 0) is 9.47 Å². The van der Waals surface area contributed by atoms with E-state index in [1.165, 1.54) is 0 Å². The van der Waals surface area contributed by atoms with Crippen LogP contribution in [0.1, 0.15) is 19.8 Å². The minimum atomic E-state index is -0.172. The molecule has 2 rings (SSSR count). The van der Waals surface area contributed by atoms with Gasteiger partial charge in [0.15, 0.2) is 6.10 Å². The first-order valence-corrected chi connectivity index (χ1v) is 4.48. The summed E-state index contributed by atoms with van der Waals surface area (Å²) in [5.74, 6) is 0.451. The Morgan fingerprint density at radius 2 is 2.50 bits per heavy atom. The second-order valence-corrected chi connectivity index (χ2v) is 3.50. The van der Waals surface area contributed by atoms with Crippen molar-refractivity contribution in [1.82, 2.24) is 0 Å². The third-order valence-electron chi connectivity index (χ3n) is 3.01. The molecule has 0 bridgehead atoms. The highest BCUT2D eigenvalue weighted by Crippen LogP contribution is 2.48. The number of epoxide rings is 1. The Bertz CT molecular complexity index is 217. The van der Waals surface area contributed by atoms with Gasteiger partial charge in [-0.05, 0) is 12.8 Å². The summed E-state index contributed by atoms with van der Waals surface area (Å²) in [6, 6.07) is 2.18. The Labute approximate surface area is 72.3 Å². The van der Waals surface area contributed by atoms with E-state index in [4.69, 9.17) is 14.7 Å². The predicted octanol–water partition coefficient (Wildman–Crippen LogP) is 1.09. The van der Waals surface area contributed by atoms with Crippen molar-refractivity contribution >= 4 is 0 Å². The van der Waals surface area contributed by atoms with Gasteiger partial charge in [-0.25, -0.2) is 0 Å². The van der Waals surface area contributed by atoms with Gasteiger partial charge in [0.2, 0.25) is 0 Å². The highest BCUT2D eigenvalue weighted by atomic mass is 16.6. The van der Waals surface area contributed by atoms with Crippen LogP contribution in [0.5, 0.6) is 0 Å². The largest absolute Gasteiger partial charge is 0.381 e. The molecule has 2 aliphatic heterocycles. The van der Waals surface area contributed by atoms with Gasteiger partial charge in [-0.1, -0.05) is 6.92 Å². The Balaban J connectivity index is 2.05. The van der Waals surface area contributed by atoms with E-state index in [9.17, 15) is 0 Å². The van der Waals surface area contributed by atoms with E-state index in [0.717, 1.165) is 26.1 Å². The maximum absolute atomic E-state index is 8.72. The molecular weight excluding hydrogens is 154 g/mol. The van der Waals surface area contributed by atoms with Gasteiger partial charge in [-0.15, -0.1) is 0 Å². The molecule has 0 spiro atoms. The smallest absolute Gasteiger partial charge is 0.174 e. The van der Waals surface area contributed by atoms with Gasteiger partial charge in [0.05, 0.1) is 12.7 Å². The molecule has 66 valence electrons. The third-order valence-corrected chi connectivity index (χ3v) is 3.01. The van der Waals surface area contributed by atoms with Gasteiger partial charge in [0, 0.05) is 12.5 Å². The molecule has 0 aromatic rings. The molecule has 2 fully saturated rings. The summed E-state index contributed by atoms with van der Waals surface area (Å²) in [5.41, 5.74) is -0.148. The fraction of sp³-hybridized carbons (Fsp3) is 0.889. The van der Waals surface area contributed by atoms with Gasteiger partial charge < -0.3 is 9.47 Å². The van der Waals surface area contributed by atoms with Crippen LogP contribution in [0.25, 0.3) is 0 Å². The first-order valence-electron chi connectivity index (χ1n) is 4.48. The van der Waals surface area contributed by atoms with E-state index >= 15 is 0 Å². The molecule has 0 aliphatic carbocycles. The molecule has 2 saturated heterocycles. The molecule has 3 nitrogen and oxygen atoms in total. The lowest BCUT2D eigenvalue weighted by molar-refractivity contribution is 0.150. The zero-order valence-corrected chi connectivity index (χ0v) is 7.25. The van der Waals surface area contributed by atoms with E-state index in [2.05, 4.69) is 13.0 Å². The number of hydrogen-bond acceptors (Lipinski definition) is 3. The van der Waals surface area contributed by atoms with Crippen LogP contribution in [0.15, 0.2) is 0 Å². The van der Waals surface area contributed by atoms with E-state index in [0.29, 0.717) is 5.92 Å². The zero-order valence-electron chi connectivity index (χ0n) is 7.25. The Morgan fingerprint density at radius 1 is 1.67 bits per heavy atom. The molecule has 2 aliphatic rings. The van der Waals surface area contributed by atoms with Crippen LogP contribution in [0.3, 0.4) is 0 Å². The second kappa shape index (κ2) is 2.72. The molecule has 0 aromatic heterocycles. The SMILES string of the molecule is CCC1(C2CCOC2)OC1C#N. The Hall–Kier alpha value is -0.590. The molecule has 2 heterocycles. The molecule has 3 atom stereocenters. The number of nitriles is 1. The fourth-order valence-corrected chi connectivity index (χ4v) is 2.11. The van der Waals surface area contributed by atoms with Crippen LogP contribution >= 0.6 is 0 Å². The maximum Gasteiger partial charge on any atom is 0.174 e. The number of ether oxygens (including phenoxy) is 2. The van der Waals surface area contributed by atoms with E-state index in [-0.39, 0.29) is 11.7 Å². The number of rotatable bonds is 2. The average molecular weight is 167 g/mol. The van der Waals surface area contributed by atoms with Crippen LogP contribution in [0.4, 0.5) is 0 Å². The minimum absolute atomic E-state index is 0.148. The van der Waals surface area contributed by atoms with Gasteiger partial charge >= 0.3 is 0 Å². The highest BCUT2D eigenvalue weighted by molar-refractivity contribution is 5.16. The molecule has 0 radical (unpaired) electrons. The van der Waals surface area contributed by atoms with Crippen molar-refractivity contribution in [3.8, 4) is 6.07 Å². The summed E-state index contributed by atoms with van der Waals surface area (Å²) in [6.45, 7) is 3.68. The van der Waals surface area contributed by atoms with Crippen molar-refractivity contribution in [1.29, 1.82) is 5.26 Å². The Morgan fingerprint density at radius 3 is 2.92 bits per heavy atom. The summed E-state index contributed by atoms with van der Waals surface area (Å²) in [5, 5.41) is 8.72. The van der Waals surface area contributed by atoms with Crippen molar-refractivity contribution in [3.63, 3.8) is 0 Å². The van der Waals surface area contributed by atoms with Crippen molar-refractivity contribution in [2.24, 2.45) is 5.92 Å². The van der Waals surface area contributed by atoms with E-state index in [1.807, 2.05) is 0 Å². The summed E-state index contributed by atoms with van der Waals surface area (Å²) in [6.07, 6.45) is 1.81. The van der Waals surface area contributed by atoms with Crippen molar-refractivity contribution < 1.29 is 9.47 Å². The van der Waals surface area contributed by atoms with Crippen LogP contribution in [-0.4, -0.2) is 24.9 Å². The molecule has 0 aromatic carbocycles. The Kier molecular flexibility index (Phi) is 1.82. The summed E-state index contributed by atoms with van der Waals surface area (Å²) >= 11 is 0. The lowest BCUT2D eigenvalue weighted by Crippen LogP contribution is -2.26. The first kappa shape index (κ1) is 8.03. The normalized spacial score (nSPS) is 45.7. The third kappa shape index (κ3) is 0.954. The van der Waals surface area contributed by atoms with Crippen molar-refractivity contribution in [2.45, 2.75) is 31.5 Å². The van der Waals surface area contributed by atoms with Crippen LogP contribution in [0.2, 0.25) is 0 Å². The van der Waals surface area contributed by atoms with Crippen molar-refractivity contribution in [3.05, 3.63) is 0 Å². The molecule has 0 amide bonds. The van der Waals surface area contributed by atoms with Gasteiger partial charge in [0.1, 0.15) is 5.60 Å². The lowest BCUT2D eigenvalue weighted by Gasteiger charge is -2.14. The summed E-state index contributed by atoms with van der Waals surface area (Å²) in [4.78, 5) is 0. The fourth-order valence-electron chi connectivity index (χ4n) is 2.11. The quantitative estimate of drug-likeness (QED) is 0.578. The standard InChI is InChI=1S/C9H13NO2/c1-2-9(8(5-10)12-9)7-3-4-11-6-7/h7-8H,2-4,6H2,1H3. The highest BCUT2D eigenvalue weighted by Gasteiger charge is 2.61. The monoisotopic (exact) mass is 167 g/mol. The summed E-state index contributed by atoms with van der Waals surface area (Å²) < 4.78 is 10.7. The molecular formula is C9H13NO2. The number of nitrogens with zero attached hydrogens (tertiary/aromatic N) is 1. The van der Waals surface area contributed by atoms with E-state index < -0.39 is 0 Å². The molecule has 3 heteroatoms. The maximum atomic E-state index is 8.72. The lowest BCUT2D eigenvalue weighted by atomic mass is 9.86. The molecule has 0 N–H and O–H groups in total. The molecule has 0 saturated carbocycles. The average Bonchev–Trinajstić information content (AvgIpc) is 2.57. The predicted molar refractivity (Wildman–Crippen MR) is 42.4 cm³/mol. The summed E-state index contributed by atoms with van der Waals surface area (Å²) in [7, 11) is 0. The molecule has 3 unspecified atom stereocenters. The van der Waals surface area contributed by atoms with Crippen LogP contribution < -0.4 is 0 Å². The van der Waals surface area contributed by atoms with E-state index in [1.54, 1.807) is 0 Å².